The van der Waals surface area contributed by atoms with Crippen molar-refractivity contribution in [2.75, 3.05) is 13.1 Å². The molecule has 246 valence electrons. The topological polar surface area (TPSA) is 63.7 Å². The highest BCUT2D eigenvalue weighted by Crippen LogP contribution is 2.76. The molecule has 0 bridgehead atoms. The molecule has 0 aromatic carbocycles. The molecule has 4 saturated carbocycles. The second-order valence-corrected chi connectivity index (χ2v) is 17.4. The van der Waals surface area contributed by atoms with Crippen LogP contribution in [0.25, 0.3) is 0 Å². The Balaban J connectivity index is 1.41. The molecule has 0 spiro atoms. The largest absolute Gasteiger partial charge is 0.462 e. The molecule has 1 heterocycles. The van der Waals surface area contributed by atoms with Crippen molar-refractivity contribution >= 4 is 17.7 Å². The summed E-state index contributed by atoms with van der Waals surface area (Å²) in [4.78, 5) is 42.0. The third-order valence-corrected chi connectivity index (χ3v) is 14.8. The van der Waals surface area contributed by atoms with Crippen LogP contribution < -0.4 is 0 Å². The first-order chi connectivity index (χ1) is 20.3. The van der Waals surface area contributed by atoms with Crippen LogP contribution in [0.2, 0.25) is 0 Å². The molecule has 1 unspecified atom stereocenters. The predicted molar refractivity (Wildman–Crippen MR) is 166 cm³/mol. The summed E-state index contributed by atoms with van der Waals surface area (Å²) in [6.07, 6.45) is 7.05. The van der Waals surface area contributed by atoms with E-state index in [1.165, 1.54) is 12.5 Å². The quantitative estimate of drug-likeness (QED) is 0.237. The van der Waals surface area contributed by atoms with Crippen LogP contribution in [0.1, 0.15) is 126 Å². The fraction of sp³-hybridized carbons (Fsp3) is 0.865. The van der Waals surface area contributed by atoms with Gasteiger partial charge in [-0.1, -0.05) is 54.0 Å². The number of fused-ring (bicyclic) bond motifs is 6. The summed E-state index contributed by atoms with van der Waals surface area (Å²) in [5, 5.41) is 0. The van der Waals surface area contributed by atoms with E-state index in [1.54, 1.807) is 4.90 Å². The molecule has 0 radical (unpaired) electrons. The fourth-order valence-electron chi connectivity index (χ4n) is 12.5. The Hall–Kier alpha value is -1.79. The summed E-state index contributed by atoms with van der Waals surface area (Å²) < 4.78 is 34.1. The number of piperidine rings is 1. The van der Waals surface area contributed by atoms with E-state index in [0.717, 1.165) is 50.5 Å². The Morgan fingerprint density at radius 3 is 2.16 bits per heavy atom. The maximum absolute atomic E-state index is 14.5. The lowest BCUT2D eigenvalue weighted by Crippen LogP contribution is -2.64. The van der Waals surface area contributed by atoms with Crippen LogP contribution in [0.15, 0.2) is 11.1 Å². The number of ketones is 1. The van der Waals surface area contributed by atoms with Gasteiger partial charge in [-0.25, -0.2) is 8.78 Å². The van der Waals surface area contributed by atoms with Crippen LogP contribution >= 0.6 is 0 Å². The van der Waals surface area contributed by atoms with Crippen molar-refractivity contribution in [3.8, 4) is 0 Å². The van der Waals surface area contributed by atoms with Gasteiger partial charge in [-0.2, -0.15) is 0 Å². The molecule has 6 aliphatic rings. The smallest absolute Gasteiger partial charge is 0.302 e. The molecule has 5 aliphatic carbocycles. The standard InChI is InChI=1S/C37H55F2NO4/c1-22(2)29-25(42)21-36(31(43)40-19-17-37(38,39)18-20-40)16-15-34(7)24(30(29)36)9-10-27-33(6)13-12-28(44-23(3)41)32(4,5)26(33)11-14-35(27,34)8/h22,26-29H,9-21H2,1-8H3/t26-,27+,28-,29?,33-,34+,35+,36+/m0/s1. The molecule has 5 nitrogen and oxygen atoms in total. The Bertz CT molecular complexity index is 1280. The van der Waals surface area contributed by atoms with Crippen molar-refractivity contribution in [3.63, 3.8) is 0 Å². The molecule has 0 aromatic heterocycles. The second-order valence-electron chi connectivity index (χ2n) is 17.4. The van der Waals surface area contributed by atoms with Gasteiger partial charge in [-0.3, -0.25) is 14.4 Å². The summed E-state index contributed by atoms with van der Waals surface area (Å²) in [5.74, 6) is -2.07. The van der Waals surface area contributed by atoms with Gasteiger partial charge in [-0.05, 0) is 90.9 Å². The normalized spacial score (nSPS) is 44.4. The van der Waals surface area contributed by atoms with Gasteiger partial charge in [0.05, 0.1) is 5.41 Å². The average molecular weight is 616 g/mol. The van der Waals surface area contributed by atoms with Gasteiger partial charge < -0.3 is 9.64 Å². The molecule has 5 fully saturated rings. The minimum absolute atomic E-state index is 0.0126. The van der Waals surface area contributed by atoms with E-state index in [1.807, 2.05) is 0 Å². The lowest BCUT2D eigenvalue weighted by molar-refractivity contribution is -0.213. The van der Waals surface area contributed by atoms with Crippen molar-refractivity contribution in [2.24, 2.45) is 50.7 Å². The Kier molecular flexibility index (Phi) is 7.39. The highest BCUT2D eigenvalue weighted by molar-refractivity contribution is 6.00. The van der Waals surface area contributed by atoms with Crippen LogP contribution in [0.4, 0.5) is 8.78 Å². The van der Waals surface area contributed by atoms with Gasteiger partial charge in [0.1, 0.15) is 11.9 Å². The van der Waals surface area contributed by atoms with Crippen molar-refractivity contribution in [2.45, 2.75) is 138 Å². The third kappa shape index (κ3) is 4.28. The summed E-state index contributed by atoms with van der Waals surface area (Å²) in [6.45, 7) is 17.9. The number of likely N-dealkylation sites (tertiary alicyclic amines) is 1. The van der Waals surface area contributed by atoms with Crippen molar-refractivity contribution in [1.29, 1.82) is 0 Å². The average Bonchev–Trinajstić information content (AvgIpc) is 3.23. The number of hydrogen-bond acceptors (Lipinski definition) is 4. The van der Waals surface area contributed by atoms with Gasteiger partial charge in [0.2, 0.25) is 5.91 Å². The number of hydrogen-bond donors (Lipinski definition) is 0. The minimum atomic E-state index is -2.72. The Labute approximate surface area is 263 Å². The zero-order valence-corrected chi connectivity index (χ0v) is 28.4. The lowest BCUT2D eigenvalue weighted by atomic mass is 9.34. The molecular formula is C37H55F2NO4. The molecule has 6 rings (SSSR count). The number of carbonyl (C=O) groups excluding carboxylic acids is 3. The Morgan fingerprint density at radius 1 is 0.886 bits per heavy atom. The van der Waals surface area contributed by atoms with Gasteiger partial charge in [-0.15, -0.1) is 0 Å². The van der Waals surface area contributed by atoms with Crippen molar-refractivity contribution < 1.29 is 27.9 Å². The van der Waals surface area contributed by atoms with Gasteiger partial charge in [0.15, 0.2) is 0 Å². The zero-order chi connectivity index (χ0) is 32.3. The summed E-state index contributed by atoms with van der Waals surface area (Å²) >= 11 is 0. The van der Waals surface area contributed by atoms with Crippen LogP contribution in [-0.4, -0.2) is 47.7 Å². The van der Waals surface area contributed by atoms with Crippen LogP contribution in [0, 0.1) is 50.7 Å². The third-order valence-electron chi connectivity index (χ3n) is 14.8. The number of nitrogens with zero attached hydrogens (tertiary/aromatic N) is 1. The van der Waals surface area contributed by atoms with Gasteiger partial charge >= 0.3 is 5.97 Å². The summed E-state index contributed by atoms with van der Waals surface area (Å²) in [5.41, 5.74) is 1.46. The van der Waals surface area contributed by atoms with Gasteiger partial charge in [0.25, 0.3) is 5.92 Å². The molecule has 0 N–H and O–H groups in total. The first kappa shape index (κ1) is 32.2. The lowest BCUT2D eigenvalue weighted by Gasteiger charge is -2.70. The molecule has 1 saturated heterocycles. The monoisotopic (exact) mass is 615 g/mol. The number of alkyl halides is 2. The van der Waals surface area contributed by atoms with E-state index in [-0.39, 0.29) is 89.6 Å². The Morgan fingerprint density at radius 2 is 1.55 bits per heavy atom. The second kappa shape index (κ2) is 10.1. The van der Waals surface area contributed by atoms with Crippen LogP contribution in [0.5, 0.6) is 0 Å². The van der Waals surface area contributed by atoms with E-state index < -0.39 is 11.3 Å². The minimum Gasteiger partial charge on any atom is -0.462 e. The van der Waals surface area contributed by atoms with Crippen molar-refractivity contribution in [3.05, 3.63) is 11.1 Å². The van der Waals surface area contributed by atoms with E-state index in [4.69, 9.17) is 4.74 Å². The molecule has 1 amide bonds. The number of allylic oxidation sites excluding steroid dienone is 1. The first-order valence-electron chi connectivity index (χ1n) is 17.5. The number of ether oxygens (including phenoxy) is 1. The van der Waals surface area contributed by atoms with Gasteiger partial charge in [0, 0.05) is 50.6 Å². The number of carbonyl (C=O) groups is 3. The zero-order valence-electron chi connectivity index (χ0n) is 28.4. The molecule has 44 heavy (non-hydrogen) atoms. The molecule has 8 atom stereocenters. The van der Waals surface area contributed by atoms with E-state index in [2.05, 4.69) is 48.5 Å². The summed E-state index contributed by atoms with van der Waals surface area (Å²) in [6, 6.07) is 0. The fourth-order valence-corrected chi connectivity index (χ4v) is 12.5. The molecule has 7 heteroatoms. The van der Waals surface area contributed by atoms with E-state index in [9.17, 15) is 23.2 Å². The molecule has 0 aromatic rings. The number of rotatable bonds is 3. The highest BCUT2D eigenvalue weighted by atomic mass is 19.3. The highest BCUT2D eigenvalue weighted by Gasteiger charge is 2.70. The number of halogens is 2. The number of esters is 1. The number of amides is 1. The van der Waals surface area contributed by atoms with Crippen molar-refractivity contribution in [1.82, 2.24) is 4.90 Å². The maximum atomic E-state index is 14.5. The van der Waals surface area contributed by atoms with Crippen LogP contribution in [-0.2, 0) is 19.1 Å². The SMILES string of the molecule is CC(=O)O[C@H]1CC[C@]2(C)[C@H]3CCC4=C5C(C(C)C)C(=O)C[C@]5(C(=O)N5CCC(F)(F)CC5)CC[C@@]4(C)[C@]3(C)CC[C@H]2C1(C)C. The van der Waals surface area contributed by atoms with E-state index >= 15 is 0 Å². The molecular weight excluding hydrogens is 560 g/mol. The number of Topliss-reactive ketones (excluding diaryl/α,β-unsaturated/α-hetero) is 1. The predicted octanol–water partition coefficient (Wildman–Crippen LogP) is 8.16. The molecule has 1 aliphatic heterocycles. The van der Waals surface area contributed by atoms with Crippen LogP contribution in [0.3, 0.4) is 0 Å². The first-order valence-corrected chi connectivity index (χ1v) is 17.5. The maximum Gasteiger partial charge on any atom is 0.302 e. The van der Waals surface area contributed by atoms with E-state index in [0.29, 0.717) is 18.3 Å². The summed E-state index contributed by atoms with van der Waals surface area (Å²) in [7, 11) is 0.